The maximum absolute atomic E-state index is 12.1. The molecule has 110 valence electrons. The summed E-state index contributed by atoms with van der Waals surface area (Å²) in [5, 5.41) is 2.90. The van der Waals surface area contributed by atoms with Crippen LogP contribution in [0.1, 0.15) is 6.42 Å². The Hall–Kier alpha value is -1.89. The molecule has 1 N–H and O–H groups in total. The Labute approximate surface area is 118 Å². The van der Waals surface area contributed by atoms with Crippen LogP contribution in [0.25, 0.3) is 0 Å². The molecule has 0 saturated carbocycles. The Bertz CT molecular complexity index is 484. The molecule has 1 fully saturated rings. The summed E-state index contributed by atoms with van der Waals surface area (Å²) >= 11 is 0. The Morgan fingerprint density at radius 2 is 2.10 bits per heavy atom. The molecule has 2 rings (SSSR count). The van der Waals surface area contributed by atoms with Gasteiger partial charge in [-0.15, -0.1) is 0 Å². The normalized spacial score (nSPS) is 17.9. The fraction of sp³-hybridized carbons (Fsp3) is 0.615. The van der Waals surface area contributed by atoms with Crippen LogP contribution in [0.3, 0.4) is 0 Å². The van der Waals surface area contributed by atoms with E-state index in [0.29, 0.717) is 30.7 Å². The zero-order valence-electron chi connectivity index (χ0n) is 12.4. The molecule has 1 aromatic rings. The van der Waals surface area contributed by atoms with E-state index in [2.05, 4.69) is 15.3 Å². The smallest absolute Gasteiger partial charge is 0.230 e. The molecule has 1 unspecified atom stereocenters. The van der Waals surface area contributed by atoms with Crippen molar-refractivity contribution >= 4 is 23.4 Å². The first kappa shape index (κ1) is 14.5. The van der Waals surface area contributed by atoms with Crippen LogP contribution < -0.4 is 15.1 Å². The predicted molar refractivity (Wildman–Crippen MR) is 78.2 cm³/mol. The molecule has 7 nitrogen and oxygen atoms in total. The standard InChI is InChI=1S/C13H21N5O2/c1-17(2)11-10(7-14-13(16-11)18(3)4)15-12(19)9-5-6-20-8-9/h7,9H,5-6,8H2,1-4H3,(H,15,19). The minimum Gasteiger partial charge on any atom is -0.381 e. The van der Waals surface area contributed by atoms with Gasteiger partial charge in [0, 0.05) is 34.8 Å². The lowest BCUT2D eigenvalue weighted by Gasteiger charge is -2.20. The number of aromatic nitrogens is 2. The Morgan fingerprint density at radius 3 is 2.65 bits per heavy atom. The van der Waals surface area contributed by atoms with Crippen molar-refractivity contribution < 1.29 is 9.53 Å². The highest BCUT2D eigenvalue weighted by molar-refractivity contribution is 5.95. The SMILES string of the molecule is CN(C)c1ncc(NC(=O)C2CCOC2)c(N(C)C)n1. The number of anilines is 3. The van der Waals surface area contributed by atoms with Gasteiger partial charge in [0.2, 0.25) is 11.9 Å². The molecule has 1 amide bonds. The third kappa shape index (κ3) is 3.16. The monoisotopic (exact) mass is 279 g/mol. The van der Waals surface area contributed by atoms with E-state index in [9.17, 15) is 4.79 Å². The van der Waals surface area contributed by atoms with E-state index in [0.717, 1.165) is 6.42 Å². The van der Waals surface area contributed by atoms with Gasteiger partial charge in [-0.2, -0.15) is 4.98 Å². The number of hydrogen-bond acceptors (Lipinski definition) is 6. The largest absolute Gasteiger partial charge is 0.381 e. The highest BCUT2D eigenvalue weighted by atomic mass is 16.5. The van der Waals surface area contributed by atoms with Crippen LogP contribution in [0, 0.1) is 5.92 Å². The fourth-order valence-electron chi connectivity index (χ4n) is 1.98. The molecule has 0 spiro atoms. The Morgan fingerprint density at radius 1 is 1.35 bits per heavy atom. The summed E-state index contributed by atoms with van der Waals surface area (Å²) in [5.41, 5.74) is 0.623. The highest BCUT2D eigenvalue weighted by Crippen LogP contribution is 2.24. The number of hydrogen-bond donors (Lipinski definition) is 1. The zero-order chi connectivity index (χ0) is 14.7. The summed E-state index contributed by atoms with van der Waals surface area (Å²) in [6.45, 7) is 1.13. The van der Waals surface area contributed by atoms with Crippen molar-refractivity contribution in [1.82, 2.24) is 9.97 Å². The second kappa shape index (κ2) is 6.04. The molecule has 7 heteroatoms. The van der Waals surface area contributed by atoms with Gasteiger partial charge in [-0.1, -0.05) is 0 Å². The van der Waals surface area contributed by atoms with E-state index >= 15 is 0 Å². The van der Waals surface area contributed by atoms with Crippen molar-refractivity contribution in [2.45, 2.75) is 6.42 Å². The highest BCUT2D eigenvalue weighted by Gasteiger charge is 2.24. The van der Waals surface area contributed by atoms with Gasteiger partial charge in [0.1, 0.15) is 5.69 Å². The molecule has 1 saturated heterocycles. The van der Waals surface area contributed by atoms with Gasteiger partial charge in [0.15, 0.2) is 5.82 Å². The number of ether oxygens (including phenoxy) is 1. The van der Waals surface area contributed by atoms with Crippen molar-refractivity contribution in [2.24, 2.45) is 5.92 Å². The fourth-order valence-corrected chi connectivity index (χ4v) is 1.98. The van der Waals surface area contributed by atoms with Gasteiger partial charge in [0.05, 0.1) is 18.7 Å². The summed E-state index contributed by atoms with van der Waals surface area (Å²) in [7, 11) is 7.53. The topological polar surface area (TPSA) is 70.6 Å². The van der Waals surface area contributed by atoms with Crippen molar-refractivity contribution in [3.63, 3.8) is 0 Å². The summed E-state index contributed by atoms with van der Waals surface area (Å²) in [5.74, 6) is 1.18. The van der Waals surface area contributed by atoms with E-state index < -0.39 is 0 Å². The van der Waals surface area contributed by atoms with Crippen molar-refractivity contribution in [3.8, 4) is 0 Å². The Balaban J connectivity index is 2.19. The lowest BCUT2D eigenvalue weighted by atomic mass is 10.1. The minimum atomic E-state index is -0.0847. The summed E-state index contributed by atoms with van der Waals surface area (Å²) in [6.07, 6.45) is 2.41. The molecule has 1 atom stereocenters. The van der Waals surface area contributed by atoms with Crippen molar-refractivity contribution in [3.05, 3.63) is 6.20 Å². The van der Waals surface area contributed by atoms with E-state index in [1.165, 1.54) is 0 Å². The van der Waals surface area contributed by atoms with E-state index in [1.54, 1.807) is 6.20 Å². The average Bonchev–Trinajstić information content (AvgIpc) is 2.92. The van der Waals surface area contributed by atoms with E-state index in [-0.39, 0.29) is 11.8 Å². The van der Waals surface area contributed by atoms with E-state index in [4.69, 9.17) is 4.74 Å². The number of carbonyl (C=O) groups excluding carboxylic acids is 1. The molecular formula is C13H21N5O2. The maximum Gasteiger partial charge on any atom is 0.230 e. The van der Waals surface area contributed by atoms with Crippen LogP contribution in [-0.4, -0.2) is 57.3 Å². The number of carbonyl (C=O) groups is 1. The first-order valence-electron chi connectivity index (χ1n) is 6.59. The third-order valence-electron chi connectivity index (χ3n) is 3.14. The second-order valence-electron chi connectivity index (χ2n) is 5.25. The molecule has 1 aliphatic rings. The zero-order valence-corrected chi connectivity index (χ0v) is 12.4. The Kier molecular flexibility index (Phi) is 4.39. The number of nitrogens with zero attached hydrogens (tertiary/aromatic N) is 4. The predicted octanol–water partition coefficient (Wildman–Crippen LogP) is 0.584. The van der Waals surface area contributed by atoms with E-state index in [1.807, 2.05) is 38.0 Å². The summed E-state index contributed by atoms with van der Waals surface area (Å²) in [4.78, 5) is 24.5. The molecule has 1 aromatic heterocycles. The molecule has 1 aliphatic heterocycles. The van der Waals surface area contributed by atoms with Crippen molar-refractivity contribution in [1.29, 1.82) is 0 Å². The van der Waals surface area contributed by atoms with Gasteiger partial charge in [-0.25, -0.2) is 4.98 Å². The first-order valence-corrected chi connectivity index (χ1v) is 6.59. The molecule has 0 aromatic carbocycles. The van der Waals surface area contributed by atoms with Crippen molar-refractivity contribution in [2.75, 3.05) is 56.5 Å². The van der Waals surface area contributed by atoms with Gasteiger partial charge in [-0.3, -0.25) is 4.79 Å². The van der Waals surface area contributed by atoms with Crippen LogP contribution in [0.4, 0.5) is 17.5 Å². The van der Waals surface area contributed by atoms with Gasteiger partial charge < -0.3 is 19.9 Å². The van der Waals surface area contributed by atoms with Crippen LogP contribution in [0.2, 0.25) is 0 Å². The summed E-state index contributed by atoms with van der Waals surface area (Å²) < 4.78 is 5.24. The minimum absolute atomic E-state index is 0.0354. The number of nitrogens with one attached hydrogen (secondary N) is 1. The molecular weight excluding hydrogens is 258 g/mol. The van der Waals surface area contributed by atoms with Crippen LogP contribution in [-0.2, 0) is 9.53 Å². The maximum atomic E-state index is 12.1. The van der Waals surface area contributed by atoms with Crippen LogP contribution in [0.5, 0.6) is 0 Å². The van der Waals surface area contributed by atoms with Gasteiger partial charge in [-0.05, 0) is 6.42 Å². The average molecular weight is 279 g/mol. The molecule has 2 heterocycles. The quantitative estimate of drug-likeness (QED) is 0.869. The van der Waals surface area contributed by atoms with Crippen LogP contribution in [0.15, 0.2) is 6.20 Å². The van der Waals surface area contributed by atoms with Gasteiger partial charge in [0.25, 0.3) is 0 Å². The van der Waals surface area contributed by atoms with Crippen LogP contribution >= 0.6 is 0 Å². The lowest BCUT2D eigenvalue weighted by Crippen LogP contribution is -2.25. The first-order chi connectivity index (χ1) is 9.49. The molecule has 0 radical (unpaired) electrons. The molecule has 0 bridgehead atoms. The molecule has 20 heavy (non-hydrogen) atoms. The number of amides is 1. The van der Waals surface area contributed by atoms with Gasteiger partial charge >= 0.3 is 0 Å². The third-order valence-corrected chi connectivity index (χ3v) is 3.14. The number of rotatable bonds is 4. The lowest BCUT2D eigenvalue weighted by molar-refractivity contribution is -0.119. The molecule has 0 aliphatic carbocycles. The second-order valence-corrected chi connectivity index (χ2v) is 5.25. The summed E-state index contributed by atoms with van der Waals surface area (Å²) in [6, 6.07) is 0.